The van der Waals surface area contributed by atoms with Gasteiger partial charge < -0.3 is 19.5 Å². The number of likely N-dealkylation sites (N-methyl/N-ethyl adjacent to an activating group) is 1. The quantitative estimate of drug-likeness (QED) is 0.782. The van der Waals surface area contributed by atoms with Gasteiger partial charge in [0, 0.05) is 32.7 Å². The van der Waals surface area contributed by atoms with Gasteiger partial charge in [-0.25, -0.2) is 0 Å². The minimum atomic E-state index is -0.342. The fourth-order valence-electron chi connectivity index (χ4n) is 3.46. The lowest BCUT2D eigenvalue weighted by Crippen LogP contribution is -2.49. The highest BCUT2D eigenvalue weighted by atomic mass is 16.5. The van der Waals surface area contributed by atoms with Crippen LogP contribution in [0.25, 0.3) is 0 Å². The van der Waals surface area contributed by atoms with Gasteiger partial charge in [-0.15, -0.1) is 0 Å². The molecule has 0 amide bonds. The van der Waals surface area contributed by atoms with E-state index < -0.39 is 0 Å². The average molecular weight is 336 g/mol. The summed E-state index contributed by atoms with van der Waals surface area (Å²) in [5.41, 5.74) is 1.21. The maximum Gasteiger partial charge on any atom is 0.122 e. The predicted octanol–water partition coefficient (Wildman–Crippen LogP) is 1.64. The van der Waals surface area contributed by atoms with Gasteiger partial charge in [0.15, 0.2) is 0 Å². The maximum absolute atomic E-state index is 10.4. The first-order chi connectivity index (χ1) is 11.5. The Morgan fingerprint density at radius 3 is 2.62 bits per heavy atom. The summed E-state index contributed by atoms with van der Waals surface area (Å²) in [6, 6.07) is 8.11. The molecule has 1 aliphatic rings. The predicted molar refractivity (Wildman–Crippen MR) is 96.7 cm³/mol. The zero-order valence-electron chi connectivity index (χ0n) is 15.4. The number of hydrogen-bond donors (Lipinski definition) is 1. The molecule has 0 aromatic heterocycles. The van der Waals surface area contributed by atoms with Gasteiger partial charge >= 0.3 is 0 Å². The number of nitrogens with zero attached hydrogens (tertiary/aromatic N) is 2. The first-order valence-electron chi connectivity index (χ1n) is 8.84. The molecule has 2 rings (SSSR count). The van der Waals surface area contributed by atoms with Gasteiger partial charge in [-0.05, 0) is 38.9 Å². The van der Waals surface area contributed by atoms with Crippen LogP contribution in [-0.4, -0.2) is 80.1 Å². The third kappa shape index (κ3) is 6.06. The molecule has 1 fully saturated rings. The standard InChI is InChI=1S/C19H32N2O3/c1-15-11-21(12-16(2)24-15)14-18(22)13-20(3)10-9-17-7-5-6-8-19(17)23-4/h5-8,15-16,18,22H,9-14H2,1-4H3. The third-order valence-corrected chi connectivity index (χ3v) is 4.44. The SMILES string of the molecule is COc1ccccc1CCN(C)CC(O)CN1CC(C)OC(C)C1. The molecule has 1 N–H and O–H groups in total. The number of para-hydroxylation sites is 1. The van der Waals surface area contributed by atoms with Crippen LogP contribution in [0, 0.1) is 0 Å². The van der Waals surface area contributed by atoms with Gasteiger partial charge in [0.1, 0.15) is 5.75 Å². The monoisotopic (exact) mass is 336 g/mol. The van der Waals surface area contributed by atoms with Crippen LogP contribution < -0.4 is 4.74 Å². The highest BCUT2D eigenvalue weighted by molar-refractivity contribution is 5.33. The molecule has 5 nitrogen and oxygen atoms in total. The normalized spacial score (nSPS) is 23.4. The smallest absolute Gasteiger partial charge is 0.122 e. The van der Waals surface area contributed by atoms with Crippen LogP contribution in [0.15, 0.2) is 24.3 Å². The molecule has 0 bridgehead atoms. The number of β-amino-alcohol motifs (C(OH)–C–C–N with tert-alkyl or cyclic N) is 1. The second kappa shape index (κ2) is 9.37. The summed E-state index contributed by atoms with van der Waals surface area (Å²) in [6.45, 7) is 8.25. The summed E-state index contributed by atoms with van der Waals surface area (Å²) in [7, 11) is 3.76. The summed E-state index contributed by atoms with van der Waals surface area (Å²) in [5, 5.41) is 10.4. The molecule has 0 spiro atoms. The van der Waals surface area contributed by atoms with E-state index in [0.717, 1.165) is 31.8 Å². The molecule has 3 atom stereocenters. The molecular weight excluding hydrogens is 304 g/mol. The number of aliphatic hydroxyl groups excluding tert-OH is 1. The van der Waals surface area contributed by atoms with Crippen molar-refractivity contribution < 1.29 is 14.6 Å². The first kappa shape index (κ1) is 19.2. The molecule has 0 aliphatic carbocycles. The Bertz CT molecular complexity index is 487. The fraction of sp³-hybridized carbons (Fsp3) is 0.684. The molecule has 5 heteroatoms. The third-order valence-electron chi connectivity index (χ3n) is 4.44. The van der Waals surface area contributed by atoms with Crippen molar-refractivity contribution in [1.29, 1.82) is 0 Å². The van der Waals surface area contributed by atoms with Crippen LogP contribution in [0.1, 0.15) is 19.4 Å². The average Bonchev–Trinajstić information content (AvgIpc) is 2.52. The van der Waals surface area contributed by atoms with Crippen molar-refractivity contribution in [3.63, 3.8) is 0 Å². The lowest BCUT2D eigenvalue weighted by atomic mass is 10.1. The Hall–Kier alpha value is -1.14. The number of benzene rings is 1. The molecule has 3 unspecified atom stereocenters. The van der Waals surface area contributed by atoms with Crippen LogP contribution in [0.3, 0.4) is 0 Å². The largest absolute Gasteiger partial charge is 0.496 e. The Kier molecular flexibility index (Phi) is 7.49. The van der Waals surface area contributed by atoms with Crippen LogP contribution in [0.5, 0.6) is 5.75 Å². The number of rotatable bonds is 8. The Labute approximate surface area is 146 Å². The van der Waals surface area contributed by atoms with Gasteiger partial charge in [-0.2, -0.15) is 0 Å². The van der Waals surface area contributed by atoms with Crippen molar-refractivity contribution in [2.24, 2.45) is 0 Å². The number of hydrogen-bond acceptors (Lipinski definition) is 5. The van der Waals surface area contributed by atoms with Crippen molar-refractivity contribution in [3.8, 4) is 5.75 Å². The van der Waals surface area contributed by atoms with Crippen molar-refractivity contribution in [3.05, 3.63) is 29.8 Å². The molecule has 1 aromatic carbocycles. The van der Waals surface area contributed by atoms with Gasteiger partial charge in [0.05, 0.1) is 25.4 Å². The van der Waals surface area contributed by atoms with Crippen molar-refractivity contribution in [2.45, 2.75) is 38.6 Å². The van der Waals surface area contributed by atoms with E-state index in [2.05, 4.69) is 36.8 Å². The highest BCUT2D eigenvalue weighted by Gasteiger charge is 2.24. The van der Waals surface area contributed by atoms with Gasteiger partial charge in [0.25, 0.3) is 0 Å². The molecular formula is C19H32N2O3. The number of aliphatic hydroxyl groups is 1. The number of morpholine rings is 1. The van der Waals surface area contributed by atoms with Crippen molar-refractivity contribution >= 4 is 0 Å². The second-order valence-electron chi connectivity index (χ2n) is 6.95. The van der Waals surface area contributed by atoms with E-state index in [-0.39, 0.29) is 18.3 Å². The maximum atomic E-state index is 10.4. The molecule has 24 heavy (non-hydrogen) atoms. The Morgan fingerprint density at radius 1 is 1.29 bits per heavy atom. The molecule has 1 saturated heterocycles. The summed E-state index contributed by atoms with van der Waals surface area (Å²) in [6.07, 6.45) is 1.05. The Balaban J connectivity index is 1.74. The van der Waals surface area contributed by atoms with E-state index in [4.69, 9.17) is 9.47 Å². The zero-order chi connectivity index (χ0) is 17.5. The minimum absolute atomic E-state index is 0.240. The first-order valence-corrected chi connectivity index (χ1v) is 8.84. The molecule has 1 aliphatic heterocycles. The van der Waals surface area contributed by atoms with Crippen LogP contribution in [0.2, 0.25) is 0 Å². The summed E-state index contributed by atoms with van der Waals surface area (Å²) >= 11 is 0. The molecule has 136 valence electrons. The van der Waals surface area contributed by atoms with Crippen LogP contribution >= 0.6 is 0 Å². The van der Waals surface area contributed by atoms with Gasteiger partial charge in [-0.1, -0.05) is 18.2 Å². The van der Waals surface area contributed by atoms with Gasteiger partial charge in [-0.3, -0.25) is 4.90 Å². The molecule has 0 saturated carbocycles. The lowest BCUT2D eigenvalue weighted by Gasteiger charge is -2.36. The van der Waals surface area contributed by atoms with E-state index in [9.17, 15) is 5.11 Å². The molecule has 1 aromatic rings. The van der Waals surface area contributed by atoms with E-state index in [1.165, 1.54) is 5.56 Å². The van der Waals surface area contributed by atoms with Crippen molar-refractivity contribution in [1.82, 2.24) is 9.80 Å². The van der Waals surface area contributed by atoms with Crippen LogP contribution in [0.4, 0.5) is 0 Å². The number of methoxy groups -OCH3 is 1. The lowest BCUT2D eigenvalue weighted by molar-refractivity contribution is -0.0776. The molecule has 1 heterocycles. The van der Waals surface area contributed by atoms with E-state index in [1.54, 1.807) is 7.11 Å². The summed E-state index contributed by atoms with van der Waals surface area (Å²) in [4.78, 5) is 4.49. The van der Waals surface area contributed by atoms with Crippen LogP contribution in [-0.2, 0) is 11.2 Å². The van der Waals surface area contributed by atoms with E-state index >= 15 is 0 Å². The second-order valence-corrected chi connectivity index (χ2v) is 6.95. The summed E-state index contributed by atoms with van der Waals surface area (Å²) in [5.74, 6) is 0.933. The van der Waals surface area contributed by atoms with E-state index in [1.807, 2.05) is 18.2 Å². The van der Waals surface area contributed by atoms with Crippen molar-refractivity contribution in [2.75, 3.05) is 46.9 Å². The van der Waals surface area contributed by atoms with Gasteiger partial charge in [0.2, 0.25) is 0 Å². The zero-order valence-corrected chi connectivity index (χ0v) is 15.4. The molecule has 0 radical (unpaired) electrons. The highest BCUT2D eigenvalue weighted by Crippen LogP contribution is 2.18. The summed E-state index contributed by atoms with van der Waals surface area (Å²) < 4.78 is 11.1. The Morgan fingerprint density at radius 2 is 1.96 bits per heavy atom. The van der Waals surface area contributed by atoms with E-state index in [0.29, 0.717) is 13.1 Å². The topological polar surface area (TPSA) is 45.2 Å². The minimum Gasteiger partial charge on any atom is -0.496 e. The number of ether oxygens (including phenoxy) is 2. The fourth-order valence-corrected chi connectivity index (χ4v) is 3.46.